The van der Waals surface area contributed by atoms with E-state index in [0.717, 1.165) is 26.1 Å². The zero-order valence-corrected chi connectivity index (χ0v) is 15.3. The molecule has 0 aromatic rings. The van der Waals surface area contributed by atoms with Crippen LogP contribution in [0.4, 0.5) is 0 Å². The molecule has 2 saturated heterocycles. The van der Waals surface area contributed by atoms with Gasteiger partial charge in [0, 0.05) is 13.0 Å². The molecule has 2 rings (SSSR count). The van der Waals surface area contributed by atoms with E-state index < -0.39 is 0 Å². The van der Waals surface area contributed by atoms with E-state index in [1.807, 2.05) is 6.92 Å². The molecule has 0 aromatic heterocycles. The molecule has 4 heteroatoms. The Labute approximate surface area is 140 Å². The summed E-state index contributed by atoms with van der Waals surface area (Å²) in [5.41, 5.74) is 0.826. The van der Waals surface area contributed by atoms with Crippen LogP contribution in [0.3, 0.4) is 0 Å². The lowest BCUT2D eigenvalue weighted by atomic mass is 9.83. The molecule has 2 aliphatic heterocycles. The first-order valence-electron chi connectivity index (χ1n) is 8.75. The summed E-state index contributed by atoms with van der Waals surface area (Å²) < 4.78 is 23.8. The maximum absolute atomic E-state index is 6.28. The van der Waals surface area contributed by atoms with Gasteiger partial charge in [0.25, 0.3) is 0 Å². The van der Waals surface area contributed by atoms with Crippen LogP contribution in [0.25, 0.3) is 0 Å². The van der Waals surface area contributed by atoms with Gasteiger partial charge < -0.3 is 18.9 Å². The Morgan fingerprint density at radius 2 is 2.00 bits per heavy atom. The fraction of sp³-hybridized carbons (Fsp3) is 0.789. The predicted octanol–water partition coefficient (Wildman–Crippen LogP) is 3.66. The first-order chi connectivity index (χ1) is 10.9. The zero-order chi connectivity index (χ0) is 16.9. The second-order valence-corrected chi connectivity index (χ2v) is 7.17. The van der Waals surface area contributed by atoms with Crippen molar-refractivity contribution in [3.63, 3.8) is 0 Å². The average molecular weight is 324 g/mol. The average Bonchev–Trinajstić information content (AvgIpc) is 3.25. The first-order valence-corrected chi connectivity index (χ1v) is 8.75. The molecular weight excluding hydrogens is 292 g/mol. The number of allylic oxidation sites excluding steroid dienone is 3. The van der Waals surface area contributed by atoms with Crippen LogP contribution in [-0.4, -0.2) is 49.8 Å². The molecule has 2 aliphatic rings. The summed E-state index contributed by atoms with van der Waals surface area (Å²) in [5.74, 6) is 0. The molecule has 4 nitrogen and oxygen atoms in total. The van der Waals surface area contributed by atoms with Crippen LogP contribution in [0, 0.1) is 0 Å². The first kappa shape index (κ1) is 18.7. The molecule has 0 radical (unpaired) electrons. The van der Waals surface area contributed by atoms with E-state index >= 15 is 0 Å². The number of hydrogen-bond donors (Lipinski definition) is 0. The minimum atomic E-state index is -0.200. The van der Waals surface area contributed by atoms with E-state index in [0.29, 0.717) is 13.2 Å². The Balaban J connectivity index is 2.02. The highest BCUT2D eigenvalue weighted by molar-refractivity contribution is 5.20. The Kier molecular flexibility index (Phi) is 6.43. The van der Waals surface area contributed by atoms with Gasteiger partial charge in [-0.05, 0) is 34.1 Å². The van der Waals surface area contributed by atoms with E-state index in [1.54, 1.807) is 0 Å². The number of hydrogen-bond acceptors (Lipinski definition) is 4. The standard InChI is InChI=1S/C19H32O4/c1-6-10-20-11-12-21-17-16(9-8-15(3)7-2)23-18(4,5)13-19(17)14-22-19/h7-9,16-17H,6,10-14H2,1-5H3. The Bertz CT molecular complexity index is 435. The van der Waals surface area contributed by atoms with Crippen molar-refractivity contribution in [2.24, 2.45) is 0 Å². The van der Waals surface area contributed by atoms with Crippen molar-refractivity contribution < 1.29 is 18.9 Å². The van der Waals surface area contributed by atoms with E-state index in [1.165, 1.54) is 5.57 Å². The molecule has 1 spiro atoms. The molecule has 23 heavy (non-hydrogen) atoms. The summed E-state index contributed by atoms with van der Waals surface area (Å²) >= 11 is 0. The predicted molar refractivity (Wildman–Crippen MR) is 91.7 cm³/mol. The summed E-state index contributed by atoms with van der Waals surface area (Å²) in [6, 6.07) is 0. The summed E-state index contributed by atoms with van der Waals surface area (Å²) in [6.45, 7) is 13.2. The van der Waals surface area contributed by atoms with Crippen LogP contribution < -0.4 is 0 Å². The van der Waals surface area contributed by atoms with Crippen LogP contribution in [0.2, 0.25) is 0 Å². The van der Waals surface area contributed by atoms with Gasteiger partial charge in [0.1, 0.15) is 17.8 Å². The van der Waals surface area contributed by atoms with Crippen molar-refractivity contribution in [2.45, 2.75) is 70.9 Å². The Morgan fingerprint density at radius 1 is 1.26 bits per heavy atom. The third kappa shape index (κ3) is 5.15. The molecule has 0 aromatic carbocycles. The molecule has 132 valence electrons. The fourth-order valence-corrected chi connectivity index (χ4v) is 3.16. The van der Waals surface area contributed by atoms with Gasteiger partial charge >= 0.3 is 0 Å². The molecule has 2 heterocycles. The number of rotatable bonds is 8. The van der Waals surface area contributed by atoms with Crippen molar-refractivity contribution in [3.8, 4) is 0 Å². The van der Waals surface area contributed by atoms with Crippen molar-refractivity contribution in [1.82, 2.24) is 0 Å². The molecule has 0 N–H and O–H groups in total. The van der Waals surface area contributed by atoms with Gasteiger partial charge in [0.2, 0.25) is 0 Å². The van der Waals surface area contributed by atoms with Crippen molar-refractivity contribution in [3.05, 3.63) is 23.8 Å². The summed E-state index contributed by atoms with van der Waals surface area (Å²) in [5, 5.41) is 0. The minimum Gasteiger partial charge on any atom is -0.379 e. The second kappa shape index (κ2) is 7.93. The molecule has 3 atom stereocenters. The van der Waals surface area contributed by atoms with E-state index in [-0.39, 0.29) is 23.4 Å². The topological polar surface area (TPSA) is 40.2 Å². The molecular formula is C19H32O4. The zero-order valence-electron chi connectivity index (χ0n) is 15.3. The van der Waals surface area contributed by atoms with Gasteiger partial charge in [-0.25, -0.2) is 0 Å². The minimum absolute atomic E-state index is 0.0679. The smallest absolute Gasteiger partial charge is 0.123 e. The van der Waals surface area contributed by atoms with Crippen LogP contribution in [0.15, 0.2) is 23.8 Å². The molecule has 0 amide bonds. The van der Waals surface area contributed by atoms with Crippen LogP contribution >= 0.6 is 0 Å². The quantitative estimate of drug-likeness (QED) is 0.388. The van der Waals surface area contributed by atoms with Crippen LogP contribution in [0.5, 0.6) is 0 Å². The van der Waals surface area contributed by atoms with Crippen molar-refractivity contribution >= 4 is 0 Å². The van der Waals surface area contributed by atoms with E-state index in [4.69, 9.17) is 18.9 Å². The highest BCUT2D eigenvalue weighted by atomic mass is 16.6. The maximum Gasteiger partial charge on any atom is 0.123 e. The maximum atomic E-state index is 6.28. The third-order valence-electron chi connectivity index (χ3n) is 4.39. The highest BCUT2D eigenvalue weighted by Crippen LogP contribution is 2.47. The van der Waals surface area contributed by atoms with E-state index in [9.17, 15) is 0 Å². The lowest BCUT2D eigenvalue weighted by Gasteiger charge is -2.43. The third-order valence-corrected chi connectivity index (χ3v) is 4.39. The van der Waals surface area contributed by atoms with Crippen molar-refractivity contribution in [1.29, 1.82) is 0 Å². The lowest BCUT2D eigenvalue weighted by molar-refractivity contribution is -0.191. The Hall–Kier alpha value is -0.680. The summed E-state index contributed by atoms with van der Waals surface area (Å²) in [6.07, 6.45) is 8.03. The van der Waals surface area contributed by atoms with Crippen molar-refractivity contribution in [2.75, 3.05) is 26.4 Å². The second-order valence-electron chi connectivity index (χ2n) is 7.17. The van der Waals surface area contributed by atoms with Crippen LogP contribution in [0.1, 0.15) is 47.5 Å². The largest absolute Gasteiger partial charge is 0.379 e. The molecule has 0 saturated carbocycles. The fourth-order valence-electron chi connectivity index (χ4n) is 3.16. The number of ether oxygens (including phenoxy) is 4. The van der Waals surface area contributed by atoms with Gasteiger partial charge in [-0.2, -0.15) is 0 Å². The number of epoxide rings is 1. The normalized spacial score (nSPS) is 33.5. The summed E-state index contributed by atoms with van der Waals surface area (Å²) in [7, 11) is 0. The van der Waals surface area contributed by atoms with Gasteiger partial charge in [0.05, 0.1) is 25.4 Å². The van der Waals surface area contributed by atoms with E-state index in [2.05, 4.69) is 45.9 Å². The monoisotopic (exact) mass is 324 g/mol. The van der Waals surface area contributed by atoms with Gasteiger partial charge in [-0.1, -0.05) is 30.7 Å². The molecule has 2 fully saturated rings. The lowest BCUT2D eigenvalue weighted by Crippen LogP contribution is -2.55. The van der Waals surface area contributed by atoms with Crippen LogP contribution in [-0.2, 0) is 18.9 Å². The van der Waals surface area contributed by atoms with Gasteiger partial charge in [0.15, 0.2) is 0 Å². The molecule has 0 aliphatic carbocycles. The molecule has 0 bridgehead atoms. The molecule has 3 unspecified atom stereocenters. The summed E-state index contributed by atoms with van der Waals surface area (Å²) in [4.78, 5) is 0. The van der Waals surface area contributed by atoms with Gasteiger partial charge in [-0.15, -0.1) is 0 Å². The van der Waals surface area contributed by atoms with Gasteiger partial charge in [-0.3, -0.25) is 0 Å². The SMILES string of the molecule is CC=C(C)C=CC1OC(C)(C)CC2(CO2)C1OCCOCCC. The Morgan fingerprint density at radius 3 is 2.61 bits per heavy atom. The highest BCUT2D eigenvalue weighted by Gasteiger charge is 2.61.